The van der Waals surface area contributed by atoms with Crippen molar-refractivity contribution in [1.29, 1.82) is 5.41 Å². The lowest BCUT2D eigenvalue weighted by Gasteiger charge is -2.30. The van der Waals surface area contributed by atoms with E-state index < -0.39 is 35.7 Å². The first-order valence-corrected chi connectivity index (χ1v) is 15.8. The van der Waals surface area contributed by atoms with Crippen LogP contribution in [0.3, 0.4) is 0 Å². The number of nitrogens with two attached hydrogens (primary N) is 1. The van der Waals surface area contributed by atoms with E-state index in [0.29, 0.717) is 37.1 Å². The van der Waals surface area contributed by atoms with Crippen molar-refractivity contribution >= 4 is 35.4 Å². The molecule has 0 spiro atoms. The molecule has 260 valence electrons. The number of ether oxygens (including phenoxy) is 3. The van der Waals surface area contributed by atoms with Crippen molar-refractivity contribution in [1.82, 2.24) is 4.90 Å². The van der Waals surface area contributed by atoms with Crippen LogP contribution >= 0.6 is 0 Å². The third-order valence-electron chi connectivity index (χ3n) is 7.84. The average Bonchev–Trinajstić information content (AvgIpc) is 3.07. The number of rotatable bonds is 12. The molecular formula is C36H39F3N4O6. The van der Waals surface area contributed by atoms with Crippen molar-refractivity contribution in [3.63, 3.8) is 0 Å². The molecule has 1 aliphatic heterocycles. The third-order valence-corrected chi connectivity index (χ3v) is 7.84. The van der Waals surface area contributed by atoms with Crippen molar-refractivity contribution < 1.29 is 41.8 Å². The number of hydrogen-bond donors (Lipinski definition) is 2. The summed E-state index contributed by atoms with van der Waals surface area (Å²) in [4.78, 5) is 42.8. The predicted molar refractivity (Wildman–Crippen MR) is 179 cm³/mol. The molecule has 0 aromatic heterocycles. The van der Waals surface area contributed by atoms with Crippen LogP contribution in [-0.2, 0) is 15.7 Å². The maximum absolute atomic E-state index is 14.5. The molecular weight excluding hydrogens is 641 g/mol. The molecule has 13 heteroatoms. The molecule has 1 amide bonds. The van der Waals surface area contributed by atoms with Crippen LogP contribution in [0.2, 0.25) is 0 Å². The van der Waals surface area contributed by atoms with E-state index in [4.69, 9.17) is 25.4 Å². The summed E-state index contributed by atoms with van der Waals surface area (Å²) >= 11 is 0. The maximum Gasteiger partial charge on any atom is 0.420 e. The maximum atomic E-state index is 14.5. The standard InChI is InChI=1S/C36H39F3N4O6/c1-4-47-34(45)28-13-11-25(21-29(28)35(46)48-5-2)33(44)43(17-7-9-23-8-6-10-24(20-23)32(40)41)26-12-14-31(30(22-26)36(37,38)39)49-27-15-18-42(3)19-16-27/h6-14,20-22,27H,4-5,15-19H2,1-3H3,(H3,40,41). The van der Waals surface area contributed by atoms with Gasteiger partial charge < -0.3 is 29.7 Å². The van der Waals surface area contributed by atoms with Gasteiger partial charge in [0.25, 0.3) is 5.91 Å². The minimum atomic E-state index is -4.80. The molecule has 10 nitrogen and oxygen atoms in total. The molecule has 0 radical (unpaired) electrons. The Morgan fingerprint density at radius 3 is 2.24 bits per heavy atom. The van der Waals surface area contributed by atoms with E-state index in [0.717, 1.165) is 11.0 Å². The fourth-order valence-electron chi connectivity index (χ4n) is 5.30. The zero-order chi connectivity index (χ0) is 35.7. The molecule has 49 heavy (non-hydrogen) atoms. The van der Waals surface area contributed by atoms with E-state index in [-0.39, 0.29) is 53.7 Å². The number of benzene rings is 3. The van der Waals surface area contributed by atoms with Crippen LogP contribution in [-0.4, -0.2) is 74.6 Å². The van der Waals surface area contributed by atoms with E-state index in [9.17, 15) is 27.6 Å². The number of nitrogens with one attached hydrogen (secondary N) is 1. The first-order valence-electron chi connectivity index (χ1n) is 15.8. The van der Waals surface area contributed by atoms with Gasteiger partial charge in [0.2, 0.25) is 0 Å². The lowest BCUT2D eigenvalue weighted by atomic mass is 10.0. The molecule has 0 saturated carbocycles. The molecule has 3 N–H and O–H groups in total. The van der Waals surface area contributed by atoms with Crippen molar-refractivity contribution in [2.45, 2.75) is 39.0 Å². The normalized spacial score (nSPS) is 14.0. The number of anilines is 1. The molecule has 0 aliphatic carbocycles. The van der Waals surface area contributed by atoms with Gasteiger partial charge in [0.05, 0.1) is 29.9 Å². The summed E-state index contributed by atoms with van der Waals surface area (Å²) < 4.78 is 59.4. The zero-order valence-corrected chi connectivity index (χ0v) is 27.5. The fourth-order valence-corrected chi connectivity index (χ4v) is 5.30. The molecule has 1 saturated heterocycles. The number of halogens is 3. The number of amides is 1. The summed E-state index contributed by atoms with van der Waals surface area (Å²) in [6, 6.07) is 13.9. The van der Waals surface area contributed by atoms with Gasteiger partial charge in [-0.1, -0.05) is 30.4 Å². The fraction of sp³-hybridized carbons (Fsp3) is 0.333. The highest BCUT2D eigenvalue weighted by Gasteiger charge is 2.36. The highest BCUT2D eigenvalue weighted by atomic mass is 19.4. The highest BCUT2D eigenvalue weighted by Crippen LogP contribution is 2.40. The summed E-state index contributed by atoms with van der Waals surface area (Å²) in [5.74, 6) is -2.89. The van der Waals surface area contributed by atoms with Crippen molar-refractivity contribution in [2.24, 2.45) is 5.73 Å². The van der Waals surface area contributed by atoms with Crippen molar-refractivity contribution in [3.05, 3.63) is 100 Å². The van der Waals surface area contributed by atoms with Gasteiger partial charge in [-0.25, -0.2) is 9.59 Å². The Balaban J connectivity index is 1.77. The summed E-state index contributed by atoms with van der Waals surface area (Å²) in [5.41, 5.74) is 5.17. The summed E-state index contributed by atoms with van der Waals surface area (Å²) in [6.45, 7) is 4.40. The Labute approximate surface area is 282 Å². The topological polar surface area (TPSA) is 135 Å². The predicted octanol–water partition coefficient (Wildman–Crippen LogP) is 6.18. The van der Waals surface area contributed by atoms with Crippen LogP contribution in [0.25, 0.3) is 6.08 Å². The first-order chi connectivity index (χ1) is 23.3. The van der Waals surface area contributed by atoms with Gasteiger partial charge in [0.15, 0.2) is 0 Å². The van der Waals surface area contributed by atoms with E-state index in [1.54, 1.807) is 50.3 Å². The van der Waals surface area contributed by atoms with E-state index in [1.165, 1.54) is 30.3 Å². The Morgan fingerprint density at radius 1 is 0.939 bits per heavy atom. The molecule has 4 rings (SSSR count). The first kappa shape index (κ1) is 36.7. The molecule has 3 aromatic carbocycles. The quantitative estimate of drug-likeness (QED) is 0.132. The minimum absolute atomic E-state index is 0.00673. The smallest absolute Gasteiger partial charge is 0.420 e. The van der Waals surface area contributed by atoms with Crippen molar-refractivity contribution in [3.8, 4) is 5.75 Å². The molecule has 1 heterocycles. The summed E-state index contributed by atoms with van der Waals surface area (Å²) in [7, 11) is 1.94. The van der Waals surface area contributed by atoms with Gasteiger partial charge in [-0.05, 0) is 81.8 Å². The number of amidine groups is 1. The van der Waals surface area contributed by atoms with Gasteiger partial charge in [-0.2, -0.15) is 13.2 Å². The number of esters is 2. The van der Waals surface area contributed by atoms with Gasteiger partial charge >= 0.3 is 18.1 Å². The van der Waals surface area contributed by atoms with Gasteiger partial charge in [-0.3, -0.25) is 10.2 Å². The SMILES string of the molecule is CCOC(=O)c1ccc(C(=O)N(CC=Cc2cccc(C(=N)N)c2)c2ccc(OC3CCN(C)CC3)c(C(F)(F)F)c2)cc1C(=O)OCC. The van der Waals surface area contributed by atoms with Crippen LogP contribution in [0.5, 0.6) is 5.75 Å². The molecule has 0 atom stereocenters. The molecule has 0 unspecified atom stereocenters. The molecule has 1 fully saturated rings. The number of nitrogen functional groups attached to an aromatic ring is 1. The van der Waals surface area contributed by atoms with Crippen LogP contribution < -0.4 is 15.4 Å². The van der Waals surface area contributed by atoms with Crippen LogP contribution in [0.15, 0.2) is 66.7 Å². The molecule has 1 aliphatic rings. The summed E-state index contributed by atoms with van der Waals surface area (Å²) in [5, 5.41) is 7.69. The Kier molecular flexibility index (Phi) is 12.2. The second-order valence-corrected chi connectivity index (χ2v) is 11.4. The Bertz CT molecular complexity index is 1720. The number of carbonyl (C=O) groups is 3. The zero-order valence-electron chi connectivity index (χ0n) is 27.5. The number of alkyl halides is 3. The Hall–Kier alpha value is -5.17. The number of piperidine rings is 1. The lowest BCUT2D eigenvalue weighted by Crippen LogP contribution is -2.36. The van der Waals surface area contributed by atoms with Crippen LogP contribution in [0.4, 0.5) is 18.9 Å². The van der Waals surface area contributed by atoms with E-state index in [2.05, 4.69) is 4.90 Å². The number of carbonyl (C=O) groups excluding carboxylic acids is 3. The number of hydrogen-bond acceptors (Lipinski definition) is 8. The van der Waals surface area contributed by atoms with Crippen LogP contribution in [0, 0.1) is 5.41 Å². The van der Waals surface area contributed by atoms with E-state index in [1.807, 2.05) is 7.05 Å². The number of likely N-dealkylation sites (tertiary alicyclic amines) is 1. The lowest BCUT2D eigenvalue weighted by molar-refractivity contribution is -0.139. The van der Waals surface area contributed by atoms with Gasteiger partial charge in [0, 0.05) is 36.4 Å². The second kappa shape index (κ2) is 16.3. The average molecular weight is 681 g/mol. The largest absolute Gasteiger partial charge is 0.490 e. The third kappa shape index (κ3) is 9.47. The van der Waals surface area contributed by atoms with Gasteiger partial charge in [0.1, 0.15) is 17.7 Å². The monoisotopic (exact) mass is 680 g/mol. The minimum Gasteiger partial charge on any atom is -0.490 e. The number of nitrogens with zero attached hydrogens (tertiary/aromatic N) is 2. The second-order valence-electron chi connectivity index (χ2n) is 11.4. The van der Waals surface area contributed by atoms with Crippen LogP contribution in [0.1, 0.15) is 74.5 Å². The van der Waals surface area contributed by atoms with Crippen molar-refractivity contribution in [2.75, 3.05) is 44.8 Å². The van der Waals surface area contributed by atoms with Gasteiger partial charge in [-0.15, -0.1) is 0 Å². The van der Waals surface area contributed by atoms with E-state index >= 15 is 0 Å². The molecule has 0 bridgehead atoms. The Morgan fingerprint density at radius 2 is 1.61 bits per heavy atom. The summed E-state index contributed by atoms with van der Waals surface area (Å²) in [6.07, 6.45) is -0.836. The highest BCUT2D eigenvalue weighted by molar-refractivity contribution is 6.10. The molecule has 3 aromatic rings.